The van der Waals surface area contributed by atoms with E-state index < -0.39 is 0 Å². The van der Waals surface area contributed by atoms with E-state index in [-0.39, 0.29) is 11.9 Å². The number of nitrogens with zero attached hydrogens (tertiary/aromatic N) is 4. The van der Waals surface area contributed by atoms with Gasteiger partial charge in [-0.1, -0.05) is 49.3 Å². The van der Waals surface area contributed by atoms with E-state index in [1.165, 1.54) is 22.3 Å². The predicted octanol–water partition coefficient (Wildman–Crippen LogP) is 4.08. The van der Waals surface area contributed by atoms with Crippen LogP contribution in [0.2, 0.25) is 0 Å². The van der Waals surface area contributed by atoms with Gasteiger partial charge in [0, 0.05) is 48.3 Å². The molecule has 32 heavy (non-hydrogen) atoms. The number of unbranched alkanes of at least 4 members (excludes halogenated alkanes) is 1. The van der Waals surface area contributed by atoms with Gasteiger partial charge in [0.1, 0.15) is 0 Å². The van der Waals surface area contributed by atoms with Gasteiger partial charge in [-0.3, -0.25) is 9.69 Å². The molecule has 3 heterocycles. The Hall–Kier alpha value is -2.45. The van der Waals surface area contributed by atoms with E-state index in [0.717, 1.165) is 49.4 Å². The molecular weight excluding hydrogens is 420 g/mol. The monoisotopic (exact) mass is 454 g/mol. The van der Waals surface area contributed by atoms with Gasteiger partial charge in [-0.15, -0.1) is 10.2 Å². The minimum atomic E-state index is -0.120. The number of nitrogens with one attached hydrogen (secondary N) is 2. The summed E-state index contributed by atoms with van der Waals surface area (Å²) in [6.07, 6.45) is 5.99. The van der Waals surface area contributed by atoms with E-state index >= 15 is 0 Å². The van der Waals surface area contributed by atoms with Crippen molar-refractivity contribution in [3.05, 3.63) is 41.0 Å². The van der Waals surface area contributed by atoms with Gasteiger partial charge in [-0.25, -0.2) is 0 Å². The van der Waals surface area contributed by atoms with Crippen molar-refractivity contribution in [2.45, 2.75) is 64.6 Å². The molecule has 0 saturated carbocycles. The minimum Gasteiger partial charge on any atom is -0.361 e. The SMILES string of the molecule is CCCCC(Cc1c[nH]c2ccccc12)NC(=O)c1nnc(N2C[C@@H](C)N(C)[C@@H](C)C2)s1. The smallest absolute Gasteiger partial charge is 0.282 e. The van der Waals surface area contributed by atoms with Crippen LogP contribution in [0.1, 0.15) is 55.4 Å². The average molecular weight is 455 g/mol. The first-order valence-electron chi connectivity index (χ1n) is 11.6. The molecule has 172 valence electrons. The van der Waals surface area contributed by atoms with Gasteiger partial charge in [-0.05, 0) is 45.4 Å². The van der Waals surface area contributed by atoms with E-state index in [2.05, 4.69) is 82.5 Å². The van der Waals surface area contributed by atoms with Gasteiger partial charge in [0.15, 0.2) is 0 Å². The summed E-state index contributed by atoms with van der Waals surface area (Å²) in [6, 6.07) is 9.26. The number of hydrogen-bond acceptors (Lipinski definition) is 6. The van der Waals surface area contributed by atoms with Crippen LogP contribution < -0.4 is 10.2 Å². The zero-order valence-electron chi connectivity index (χ0n) is 19.5. The lowest BCUT2D eigenvalue weighted by Crippen LogP contribution is -2.55. The minimum absolute atomic E-state index is 0.0673. The zero-order chi connectivity index (χ0) is 22.7. The molecule has 7 nitrogen and oxygen atoms in total. The highest BCUT2D eigenvalue weighted by molar-refractivity contribution is 7.17. The number of piperazine rings is 1. The fourth-order valence-electron chi connectivity index (χ4n) is 4.48. The molecule has 0 bridgehead atoms. The molecule has 4 rings (SSSR count). The second kappa shape index (κ2) is 10.0. The first-order chi connectivity index (χ1) is 15.5. The summed E-state index contributed by atoms with van der Waals surface area (Å²) in [4.78, 5) is 21.0. The van der Waals surface area contributed by atoms with Crippen LogP contribution in [0, 0.1) is 0 Å². The molecule has 0 radical (unpaired) electrons. The number of hydrogen-bond donors (Lipinski definition) is 2. The third kappa shape index (κ3) is 4.96. The molecule has 2 N–H and O–H groups in total. The van der Waals surface area contributed by atoms with Crippen molar-refractivity contribution >= 4 is 33.3 Å². The van der Waals surface area contributed by atoms with Crippen LogP contribution in [0.5, 0.6) is 0 Å². The highest BCUT2D eigenvalue weighted by Crippen LogP contribution is 2.25. The summed E-state index contributed by atoms with van der Waals surface area (Å²) in [5, 5.41) is 14.3. The molecule has 1 aromatic carbocycles. The Kier molecular flexibility index (Phi) is 7.10. The number of aromatic amines is 1. The van der Waals surface area contributed by atoms with Crippen molar-refractivity contribution < 1.29 is 4.79 Å². The molecule has 0 spiro atoms. The van der Waals surface area contributed by atoms with Crippen LogP contribution in [0.4, 0.5) is 5.13 Å². The number of anilines is 1. The molecule has 1 saturated heterocycles. The maximum Gasteiger partial charge on any atom is 0.282 e. The number of carbonyl (C=O) groups excluding carboxylic acids is 1. The maximum atomic E-state index is 13.0. The van der Waals surface area contributed by atoms with Crippen molar-refractivity contribution in [1.29, 1.82) is 0 Å². The Labute approximate surface area is 194 Å². The number of amides is 1. The fraction of sp³-hybridized carbons (Fsp3) is 0.542. The quantitative estimate of drug-likeness (QED) is 0.536. The van der Waals surface area contributed by atoms with Crippen LogP contribution in [0.25, 0.3) is 10.9 Å². The van der Waals surface area contributed by atoms with Crippen molar-refractivity contribution in [2.75, 3.05) is 25.0 Å². The fourth-order valence-corrected chi connectivity index (χ4v) is 5.25. The van der Waals surface area contributed by atoms with Gasteiger partial charge < -0.3 is 15.2 Å². The second-order valence-corrected chi connectivity index (χ2v) is 9.99. The van der Waals surface area contributed by atoms with Crippen molar-refractivity contribution in [3.63, 3.8) is 0 Å². The van der Waals surface area contributed by atoms with Gasteiger partial charge in [-0.2, -0.15) is 0 Å². The van der Waals surface area contributed by atoms with Gasteiger partial charge in [0.05, 0.1) is 0 Å². The van der Waals surface area contributed by atoms with E-state index in [0.29, 0.717) is 17.1 Å². The number of H-pyrrole nitrogens is 1. The summed E-state index contributed by atoms with van der Waals surface area (Å²) in [5.74, 6) is -0.120. The van der Waals surface area contributed by atoms with Crippen LogP contribution in [-0.4, -0.2) is 64.3 Å². The van der Waals surface area contributed by atoms with Gasteiger partial charge in [0.2, 0.25) is 10.1 Å². The topological polar surface area (TPSA) is 77.1 Å². The summed E-state index contributed by atoms with van der Waals surface area (Å²) < 4.78 is 0. The Balaban J connectivity index is 1.44. The normalized spacial score (nSPS) is 20.6. The lowest BCUT2D eigenvalue weighted by molar-refractivity contribution is 0.0933. The first kappa shape index (κ1) is 22.7. The summed E-state index contributed by atoms with van der Waals surface area (Å²) in [7, 11) is 2.16. The molecule has 2 aromatic heterocycles. The largest absolute Gasteiger partial charge is 0.361 e. The van der Waals surface area contributed by atoms with Gasteiger partial charge in [0.25, 0.3) is 5.91 Å². The van der Waals surface area contributed by atoms with Crippen LogP contribution in [0.15, 0.2) is 30.5 Å². The molecule has 1 aliphatic rings. The Morgan fingerprint density at radius 1 is 1.25 bits per heavy atom. The molecule has 1 unspecified atom stereocenters. The molecule has 0 aliphatic carbocycles. The Bertz CT molecular complexity index is 1030. The third-order valence-corrected chi connectivity index (χ3v) is 7.60. The molecular formula is C24H34N6OS. The number of fused-ring (bicyclic) bond motifs is 1. The molecule has 1 amide bonds. The number of rotatable bonds is 8. The molecule has 3 aromatic rings. The van der Waals surface area contributed by atoms with Crippen molar-refractivity contribution in [1.82, 2.24) is 25.4 Å². The average Bonchev–Trinajstić information content (AvgIpc) is 3.43. The summed E-state index contributed by atoms with van der Waals surface area (Å²) in [6.45, 7) is 8.42. The molecule has 1 aliphatic heterocycles. The van der Waals surface area contributed by atoms with Crippen LogP contribution in [0.3, 0.4) is 0 Å². The number of aromatic nitrogens is 3. The van der Waals surface area contributed by atoms with E-state index in [1.807, 2.05) is 6.07 Å². The first-order valence-corrected chi connectivity index (χ1v) is 12.4. The lowest BCUT2D eigenvalue weighted by atomic mass is 10.0. The molecule has 1 fully saturated rings. The van der Waals surface area contributed by atoms with Crippen molar-refractivity contribution in [3.8, 4) is 0 Å². The third-order valence-electron chi connectivity index (χ3n) is 6.62. The maximum absolute atomic E-state index is 13.0. The second-order valence-electron chi connectivity index (χ2n) is 9.03. The van der Waals surface area contributed by atoms with E-state index in [1.54, 1.807) is 0 Å². The number of carbonyl (C=O) groups is 1. The molecule has 8 heteroatoms. The molecule has 3 atom stereocenters. The predicted molar refractivity (Wildman–Crippen MR) is 132 cm³/mol. The summed E-state index contributed by atoms with van der Waals surface area (Å²) >= 11 is 1.40. The standard InChI is InChI=1S/C24H34N6OS/c1-5-6-9-19(12-18-13-25-21-11-8-7-10-20(18)21)26-22(31)23-27-28-24(32-23)30-14-16(2)29(4)17(3)15-30/h7-8,10-11,13,16-17,19,25H,5-6,9,12,14-15H2,1-4H3,(H,26,31)/t16-,17+,19?. The van der Waals surface area contributed by atoms with Crippen LogP contribution >= 0.6 is 11.3 Å². The van der Waals surface area contributed by atoms with E-state index in [4.69, 9.17) is 0 Å². The van der Waals surface area contributed by atoms with Crippen molar-refractivity contribution in [2.24, 2.45) is 0 Å². The van der Waals surface area contributed by atoms with Crippen LogP contribution in [-0.2, 0) is 6.42 Å². The number of benzene rings is 1. The number of para-hydroxylation sites is 1. The highest BCUT2D eigenvalue weighted by Gasteiger charge is 2.29. The lowest BCUT2D eigenvalue weighted by Gasteiger charge is -2.42. The Morgan fingerprint density at radius 2 is 2.00 bits per heavy atom. The Morgan fingerprint density at radius 3 is 2.75 bits per heavy atom. The zero-order valence-corrected chi connectivity index (χ0v) is 20.3. The highest BCUT2D eigenvalue weighted by atomic mass is 32.1. The summed E-state index contributed by atoms with van der Waals surface area (Å²) in [5.41, 5.74) is 2.37. The van der Waals surface area contributed by atoms with E-state index in [9.17, 15) is 4.79 Å². The van der Waals surface area contributed by atoms with Gasteiger partial charge >= 0.3 is 0 Å². The number of likely N-dealkylation sites (N-methyl/N-ethyl adjacent to an activating group) is 1.